The van der Waals surface area contributed by atoms with Crippen LogP contribution in [0, 0.1) is 0 Å². The van der Waals surface area contributed by atoms with Crippen molar-refractivity contribution in [2.45, 2.75) is 24.2 Å². The van der Waals surface area contributed by atoms with Gasteiger partial charge in [-0.2, -0.15) is 0 Å². The number of hydrogen-bond donors (Lipinski definition) is 0. The molecule has 0 aliphatic carbocycles. The van der Waals surface area contributed by atoms with Crippen molar-refractivity contribution in [1.29, 1.82) is 0 Å². The topological polar surface area (TPSA) is 61.2 Å². The summed E-state index contributed by atoms with van der Waals surface area (Å²) in [4.78, 5) is 4.65. The molecule has 0 N–H and O–H groups in total. The summed E-state index contributed by atoms with van der Waals surface area (Å²) >= 11 is 3.40. The monoisotopic (exact) mass is 422 g/mol. The second kappa shape index (κ2) is 8.01. The van der Waals surface area contributed by atoms with Crippen LogP contribution in [0.25, 0.3) is 11.0 Å². The second-order valence-electron chi connectivity index (χ2n) is 5.58. The number of hydrogen-bond acceptors (Lipinski definition) is 4. The van der Waals surface area contributed by atoms with Crippen molar-refractivity contribution in [1.82, 2.24) is 8.96 Å². The molecule has 0 atom stereocenters. The lowest BCUT2D eigenvalue weighted by atomic mass is 10.3. The lowest BCUT2D eigenvalue weighted by molar-refractivity contribution is 0.296. The number of nitrogens with zero attached hydrogens (tertiary/aromatic N) is 2. The molecule has 0 fully saturated rings. The van der Waals surface area contributed by atoms with Crippen molar-refractivity contribution in [2.75, 3.05) is 11.9 Å². The molecule has 3 aromatic rings. The van der Waals surface area contributed by atoms with Crippen molar-refractivity contribution in [2.24, 2.45) is 0 Å². The van der Waals surface area contributed by atoms with Gasteiger partial charge in [-0.1, -0.05) is 34.1 Å². The van der Waals surface area contributed by atoms with Gasteiger partial charge in [-0.25, -0.2) is 17.4 Å². The van der Waals surface area contributed by atoms with Gasteiger partial charge in [0, 0.05) is 17.6 Å². The Balaban J connectivity index is 1.81. The number of pyridine rings is 1. The van der Waals surface area contributed by atoms with Crippen molar-refractivity contribution in [3.63, 3.8) is 0 Å². The van der Waals surface area contributed by atoms with E-state index in [4.69, 9.17) is 4.74 Å². The lowest BCUT2D eigenvalue weighted by Gasteiger charge is -2.08. The molecule has 0 bridgehead atoms. The highest BCUT2D eigenvalue weighted by atomic mass is 79.9. The van der Waals surface area contributed by atoms with Crippen LogP contribution in [0.3, 0.4) is 0 Å². The fraction of sp³-hybridized carbons (Fsp3) is 0.278. The predicted molar refractivity (Wildman–Crippen MR) is 102 cm³/mol. The Bertz CT molecular complexity index is 939. The van der Waals surface area contributed by atoms with Gasteiger partial charge in [0.25, 0.3) is 10.0 Å². The number of halogens is 1. The van der Waals surface area contributed by atoms with Crippen LogP contribution in [0.1, 0.15) is 19.3 Å². The van der Waals surface area contributed by atoms with E-state index in [1.807, 2.05) is 0 Å². The Morgan fingerprint density at radius 1 is 1.00 bits per heavy atom. The van der Waals surface area contributed by atoms with E-state index < -0.39 is 10.0 Å². The molecule has 132 valence electrons. The minimum absolute atomic E-state index is 0.250. The van der Waals surface area contributed by atoms with Crippen LogP contribution in [-0.2, 0) is 10.0 Å². The molecule has 5 nitrogen and oxygen atoms in total. The molecular formula is C18H19BrN2O3S. The number of alkyl halides is 1. The molecule has 0 radical (unpaired) electrons. The number of aromatic nitrogens is 2. The van der Waals surface area contributed by atoms with Crippen molar-refractivity contribution >= 4 is 37.0 Å². The molecular weight excluding hydrogens is 404 g/mol. The third-order valence-corrected chi connectivity index (χ3v) is 6.07. The first-order chi connectivity index (χ1) is 12.1. The van der Waals surface area contributed by atoms with Crippen LogP contribution in [0.15, 0.2) is 59.6 Å². The molecule has 0 aliphatic heterocycles. The van der Waals surface area contributed by atoms with E-state index in [9.17, 15) is 8.42 Å². The molecule has 3 rings (SSSR count). The van der Waals surface area contributed by atoms with E-state index in [1.54, 1.807) is 48.5 Å². The summed E-state index contributed by atoms with van der Waals surface area (Å²) in [5.74, 6) is 0.515. The molecule has 0 saturated carbocycles. The van der Waals surface area contributed by atoms with Crippen molar-refractivity contribution in [3.05, 3.63) is 54.7 Å². The maximum absolute atomic E-state index is 12.8. The fourth-order valence-corrected chi connectivity index (χ4v) is 4.28. The Hall–Kier alpha value is -1.86. The standard InChI is InChI=1S/C18H19BrN2O3S/c19-12-5-2-6-14-24-18-10-9-17-16(20-18)11-13-21(17)25(22,23)15-7-3-1-4-8-15/h1,3-4,7-11,13H,2,5-6,12,14H2. The van der Waals surface area contributed by atoms with Gasteiger partial charge in [-0.15, -0.1) is 0 Å². The largest absolute Gasteiger partial charge is 0.478 e. The van der Waals surface area contributed by atoms with E-state index in [1.165, 1.54) is 10.2 Å². The first-order valence-electron chi connectivity index (χ1n) is 8.10. The molecule has 2 heterocycles. The van der Waals surface area contributed by atoms with Gasteiger partial charge in [0.05, 0.1) is 22.5 Å². The normalized spacial score (nSPS) is 11.7. The van der Waals surface area contributed by atoms with Gasteiger partial charge in [0.15, 0.2) is 0 Å². The average molecular weight is 423 g/mol. The molecule has 0 spiro atoms. The van der Waals surface area contributed by atoms with E-state index in [0.717, 1.165) is 24.6 Å². The van der Waals surface area contributed by atoms with Crippen LogP contribution in [0.5, 0.6) is 5.88 Å². The minimum Gasteiger partial charge on any atom is -0.478 e. The lowest BCUT2D eigenvalue weighted by Crippen LogP contribution is -2.11. The third-order valence-electron chi connectivity index (χ3n) is 3.81. The van der Waals surface area contributed by atoms with E-state index in [-0.39, 0.29) is 4.90 Å². The van der Waals surface area contributed by atoms with Crippen LogP contribution < -0.4 is 4.74 Å². The SMILES string of the molecule is O=S(=O)(c1ccccc1)n1ccc2nc(OCCCCCBr)ccc21. The maximum atomic E-state index is 12.8. The summed E-state index contributed by atoms with van der Waals surface area (Å²) in [6.45, 7) is 0.606. The summed E-state index contributed by atoms with van der Waals surface area (Å²) < 4.78 is 32.4. The predicted octanol–water partition coefficient (Wildman–Crippen LogP) is 4.22. The zero-order valence-corrected chi connectivity index (χ0v) is 16.0. The Morgan fingerprint density at radius 3 is 2.56 bits per heavy atom. The number of ether oxygens (including phenoxy) is 1. The van der Waals surface area contributed by atoms with E-state index in [0.29, 0.717) is 23.5 Å². The van der Waals surface area contributed by atoms with Gasteiger partial charge in [0.1, 0.15) is 0 Å². The fourth-order valence-electron chi connectivity index (χ4n) is 2.52. The third kappa shape index (κ3) is 4.04. The number of unbranched alkanes of at least 4 members (excludes halogenated alkanes) is 2. The van der Waals surface area contributed by atoms with E-state index in [2.05, 4.69) is 20.9 Å². The summed E-state index contributed by atoms with van der Waals surface area (Å²) in [6.07, 6.45) is 4.71. The summed E-state index contributed by atoms with van der Waals surface area (Å²) in [6, 6.07) is 13.5. The van der Waals surface area contributed by atoms with Crippen LogP contribution >= 0.6 is 15.9 Å². The first kappa shape index (κ1) is 17.9. The highest BCUT2D eigenvalue weighted by molar-refractivity contribution is 9.09. The number of fused-ring (bicyclic) bond motifs is 1. The molecule has 0 unspecified atom stereocenters. The number of benzene rings is 1. The number of rotatable bonds is 8. The molecule has 0 aliphatic rings. The maximum Gasteiger partial charge on any atom is 0.268 e. The van der Waals surface area contributed by atoms with Gasteiger partial charge >= 0.3 is 0 Å². The first-order valence-corrected chi connectivity index (χ1v) is 10.7. The smallest absolute Gasteiger partial charge is 0.268 e. The van der Waals surface area contributed by atoms with Gasteiger partial charge < -0.3 is 4.74 Å². The molecule has 2 aromatic heterocycles. The highest BCUT2D eigenvalue weighted by Crippen LogP contribution is 2.23. The van der Waals surface area contributed by atoms with Gasteiger partial charge in [-0.05, 0) is 43.5 Å². The summed E-state index contributed by atoms with van der Waals surface area (Å²) in [5.41, 5.74) is 1.13. The second-order valence-corrected chi connectivity index (χ2v) is 8.19. The van der Waals surface area contributed by atoms with Gasteiger partial charge in [-0.3, -0.25) is 0 Å². The quantitative estimate of drug-likeness (QED) is 0.402. The van der Waals surface area contributed by atoms with Crippen LogP contribution in [0.2, 0.25) is 0 Å². The Kier molecular flexibility index (Phi) is 5.75. The summed E-state index contributed by atoms with van der Waals surface area (Å²) in [7, 11) is -3.63. The molecule has 25 heavy (non-hydrogen) atoms. The molecule has 0 amide bonds. The minimum atomic E-state index is -3.63. The highest BCUT2D eigenvalue weighted by Gasteiger charge is 2.19. The summed E-state index contributed by atoms with van der Waals surface area (Å²) in [5, 5.41) is 1.00. The van der Waals surface area contributed by atoms with Crippen LogP contribution in [0.4, 0.5) is 0 Å². The molecule has 0 saturated heterocycles. The Morgan fingerprint density at radius 2 is 1.80 bits per heavy atom. The van der Waals surface area contributed by atoms with Gasteiger partial charge in [0.2, 0.25) is 5.88 Å². The zero-order valence-electron chi connectivity index (χ0n) is 13.6. The van der Waals surface area contributed by atoms with Crippen molar-refractivity contribution in [3.8, 4) is 5.88 Å². The average Bonchev–Trinajstić information content (AvgIpc) is 3.06. The zero-order chi connectivity index (χ0) is 17.7. The molecule has 1 aromatic carbocycles. The van der Waals surface area contributed by atoms with E-state index >= 15 is 0 Å². The van der Waals surface area contributed by atoms with Crippen molar-refractivity contribution < 1.29 is 13.2 Å². The molecule has 7 heteroatoms. The Labute approximate surface area is 155 Å². The van der Waals surface area contributed by atoms with Crippen LogP contribution in [-0.4, -0.2) is 29.3 Å².